The Labute approximate surface area is 151 Å². The first-order valence-corrected chi connectivity index (χ1v) is 7.99. The Morgan fingerprint density at radius 3 is 1.96 bits per heavy atom. The summed E-state index contributed by atoms with van der Waals surface area (Å²) in [7, 11) is 0. The monoisotopic (exact) mass is 358 g/mol. The van der Waals surface area contributed by atoms with Gasteiger partial charge in [-0.05, 0) is 24.3 Å². The zero-order valence-electron chi connectivity index (χ0n) is 14.0. The second kappa shape index (κ2) is 10.3. The van der Waals surface area contributed by atoms with E-state index in [4.69, 9.17) is 5.11 Å². The summed E-state index contributed by atoms with van der Waals surface area (Å²) in [5.41, 5.74) is 6.87. The van der Waals surface area contributed by atoms with E-state index in [0.717, 1.165) is 5.69 Å². The fourth-order valence-electron chi connectivity index (χ4n) is 1.99. The number of benzene rings is 2. The molecule has 0 fully saturated rings. The molecule has 8 nitrogen and oxygen atoms in total. The van der Waals surface area contributed by atoms with Crippen LogP contribution in [0.15, 0.2) is 70.9 Å². The quantitative estimate of drug-likeness (QED) is 0.288. The van der Waals surface area contributed by atoms with Crippen molar-refractivity contribution in [2.45, 2.75) is 18.3 Å². The summed E-state index contributed by atoms with van der Waals surface area (Å²) >= 11 is 0. The molecule has 26 heavy (non-hydrogen) atoms. The number of nitrogens with zero attached hydrogens (tertiary/aromatic N) is 2. The lowest BCUT2D eigenvalue weighted by molar-refractivity contribution is -0.0548. The van der Waals surface area contributed by atoms with Crippen molar-refractivity contribution in [2.24, 2.45) is 10.2 Å². The number of anilines is 2. The molecule has 8 heteroatoms. The molecule has 6 N–H and O–H groups in total. The van der Waals surface area contributed by atoms with Gasteiger partial charge in [0.2, 0.25) is 0 Å². The largest absolute Gasteiger partial charge is 0.394 e. The Morgan fingerprint density at radius 1 is 0.885 bits per heavy atom. The molecule has 0 aliphatic rings. The first-order valence-electron chi connectivity index (χ1n) is 7.99. The second-order valence-corrected chi connectivity index (χ2v) is 5.44. The van der Waals surface area contributed by atoms with Gasteiger partial charge < -0.3 is 20.4 Å². The standard InChI is InChI=1S/C18H22N4O4/c23-12-16(24)18(26)17(25)15(22-21-14-9-5-2-6-10-14)11-19-20-13-7-3-1-4-8-13/h1-11,16-18,20-21,23-26H,12H2/b19-11-,22-15+/t16-,17-,18-/m1/s1. The van der Waals surface area contributed by atoms with Crippen LogP contribution in [0.5, 0.6) is 0 Å². The van der Waals surface area contributed by atoms with E-state index < -0.39 is 24.9 Å². The second-order valence-electron chi connectivity index (χ2n) is 5.44. The van der Waals surface area contributed by atoms with Gasteiger partial charge in [0.25, 0.3) is 0 Å². The predicted molar refractivity (Wildman–Crippen MR) is 101 cm³/mol. The van der Waals surface area contributed by atoms with Crippen LogP contribution in [0, 0.1) is 0 Å². The molecule has 0 aromatic heterocycles. The van der Waals surface area contributed by atoms with Crippen LogP contribution >= 0.6 is 0 Å². The maximum absolute atomic E-state index is 10.2. The molecule has 2 rings (SSSR count). The smallest absolute Gasteiger partial charge is 0.128 e. The number of hydrogen-bond acceptors (Lipinski definition) is 8. The summed E-state index contributed by atoms with van der Waals surface area (Å²) < 4.78 is 0. The van der Waals surface area contributed by atoms with Gasteiger partial charge in [0.1, 0.15) is 24.0 Å². The lowest BCUT2D eigenvalue weighted by Crippen LogP contribution is -2.44. The van der Waals surface area contributed by atoms with Crippen molar-refractivity contribution < 1.29 is 20.4 Å². The SMILES string of the molecule is OC[C@@H](O)[C@@H](O)[C@H](O)C(/C=N\Nc1ccccc1)=N/Nc1ccccc1. The van der Waals surface area contributed by atoms with E-state index in [2.05, 4.69) is 21.1 Å². The highest BCUT2D eigenvalue weighted by Crippen LogP contribution is 2.08. The van der Waals surface area contributed by atoms with Crippen LogP contribution in [0.2, 0.25) is 0 Å². The first kappa shape index (κ1) is 19.5. The number of hydrogen-bond donors (Lipinski definition) is 6. The highest BCUT2D eigenvalue weighted by molar-refractivity contribution is 6.33. The van der Waals surface area contributed by atoms with E-state index >= 15 is 0 Å². The van der Waals surface area contributed by atoms with Gasteiger partial charge >= 0.3 is 0 Å². The molecule has 138 valence electrons. The van der Waals surface area contributed by atoms with Crippen LogP contribution in [0.4, 0.5) is 11.4 Å². The summed E-state index contributed by atoms with van der Waals surface area (Å²) in [6.45, 7) is -0.697. The zero-order chi connectivity index (χ0) is 18.8. The third-order valence-electron chi connectivity index (χ3n) is 3.46. The Morgan fingerprint density at radius 2 is 1.42 bits per heavy atom. The Balaban J connectivity index is 2.14. The number of aliphatic hydroxyl groups excluding tert-OH is 4. The number of hydrazone groups is 2. The molecular weight excluding hydrogens is 336 g/mol. The normalized spacial score (nSPS) is 15.5. The maximum atomic E-state index is 10.2. The van der Waals surface area contributed by atoms with Crippen LogP contribution in [-0.4, -0.2) is 57.3 Å². The summed E-state index contributed by atoms with van der Waals surface area (Å²) in [5.74, 6) is 0. The van der Waals surface area contributed by atoms with Crippen LogP contribution in [0.25, 0.3) is 0 Å². The van der Waals surface area contributed by atoms with Crippen molar-refractivity contribution in [2.75, 3.05) is 17.5 Å². The van der Waals surface area contributed by atoms with Gasteiger partial charge in [0, 0.05) is 0 Å². The van der Waals surface area contributed by atoms with Crippen molar-refractivity contribution in [1.82, 2.24) is 0 Å². The van der Waals surface area contributed by atoms with Gasteiger partial charge in [-0.1, -0.05) is 36.4 Å². The Bertz CT molecular complexity index is 710. The van der Waals surface area contributed by atoms with Gasteiger partial charge in [0.15, 0.2) is 0 Å². The van der Waals surface area contributed by atoms with Gasteiger partial charge in [0.05, 0.1) is 24.2 Å². The molecule has 0 saturated carbocycles. The van der Waals surface area contributed by atoms with Gasteiger partial charge in [-0.3, -0.25) is 10.9 Å². The van der Waals surface area contributed by atoms with Crippen molar-refractivity contribution in [3.63, 3.8) is 0 Å². The third kappa shape index (κ3) is 5.94. The summed E-state index contributed by atoms with van der Waals surface area (Å²) in [6, 6.07) is 18.1. The molecule has 0 saturated heterocycles. The van der Waals surface area contributed by atoms with Crippen LogP contribution in [0.1, 0.15) is 0 Å². The molecule has 0 amide bonds. The third-order valence-corrected chi connectivity index (χ3v) is 3.46. The van der Waals surface area contributed by atoms with Gasteiger partial charge in [-0.2, -0.15) is 10.2 Å². The number of nitrogens with one attached hydrogen (secondary N) is 2. The average Bonchev–Trinajstić information content (AvgIpc) is 2.70. The van der Waals surface area contributed by atoms with E-state index in [1.54, 1.807) is 24.3 Å². The minimum Gasteiger partial charge on any atom is -0.394 e. The number of rotatable bonds is 9. The summed E-state index contributed by atoms with van der Waals surface area (Å²) in [6.07, 6.45) is -3.47. The topological polar surface area (TPSA) is 130 Å². The molecular formula is C18H22N4O4. The van der Waals surface area contributed by atoms with E-state index in [0.29, 0.717) is 5.69 Å². The van der Waals surface area contributed by atoms with Crippen molar-refractivity contribution in [3.8, 4) is 0 Å². The first-order chi connectivity index (χ1) is 12.6. The van der Waals surface area contributed by atoms with Crippen molar-refractivity contribution in [3.05, 3.63) is 60.7 Å². The van der Waals surface area contributed by atoms with Gasteiger partial charge in [-0.15, -0.1) is 0 Å². The highest BCUT2D eigenvalue weighted by Gasteiger charge is 2.27. The summed E-state index contributed by atoms with van der Waals surface area (Å²) in [5, 5.41) is 46.7. The zero-order valence-corrected chi connectivity index (χ0v) is 14.0. The molecule has 3 atom stereocenters. The van der Waals surface area contributed by atoms with E-state index in [1.165, 1.54) is 6.21 Å². The maximum Gasteiger partial charge on any atom is 0.128 e. The minimum absolute atomic E-state index is 0.0303. The molecule has 0 aliphatic carbocycles. The molecule has 0 aliphatic heterocycles. The minimum atomic E-state index is -1.63. The Kier molecular flexibility index (Phi) is 7.72. The molecule has 0 heterocycles. The number of aliphatic hydroxyl groups is 4. The lowest BCUT2D eigenvalue weighted by atomic mass is 10.0. The molecule has 0 bridgehead atoms. The van der Waals surface area contributed by atoms with Crippen LogP contribution in [-0.2, 0) is 0 Å². The molecule has 0 unspecified atom stereocenters. The van der Waals surface area contributed by atoms with Crippen molar-refractivity contribution >= 4 is 23.3 Å². The highest BCUT2D eigenvalue weighted by atomic mass is 16.4. The molecule has 2 aromatic rings. The van der Waals surface area contributed by atoms with Gasteiger partial charge in [-0.25, -0.2) is 0 Å². The van der Waals surface area contributed by atoms with E-state index in [-0.39, 0.29) is 5.71 Å². The molecule has 0 radical (unpaired) electrons. The van der Waals surface area contributed by atoms with Crippen molar-refractivity contribution in [1.29, 1.82) is 0 Å². The average molecular weight is 358 g/mol. The molecule has 2 aromatic carbocycles. The van der Waals surface area contributed by atoms with E-state index in [1.807, 2.05) is 36.4 Å². The lowest BCUT2D eigenvalue weighted by Gasteiger charge is -2.21. The fourth-order valence-corrected chi connectivity index (χ4v) is 1.99. The van der Waals surface area contributed by atoms with E-state index in [9.17, 15) is 15.3 Å². The predicted octanol–water partition coefficient (Wildman–Crippen LogP) is 0.627. The number of para-hydroxylation sites is 2. The van der Waals surface area contributed by atoms with Crippen LogP contribution in [0.3, 0.4) is 0 Å². The van der Waals surface area contributed by atoms with Crippen LogP contribution < -0.4 is 10.9 Å². The summed E-state index contributed by atoms with van der Waals surface area (Å²) in [4.78, 5) is 0. The Hall–Kier alpha value is -2.78. The fraction of sp³-hybridized carbons (Fsp3) is 0.222. The molecule has 0 spiro atoms.